The normalized spacial score (nSPS) is 16.7. The summed E-state index contributed by atoms with van der Waals surface area (Å²) in [4.78, 5) is 0. The molecule has 0 bridgehead atoms. The molecule has 2 rings (SSSR count). The maximum atomic E-state index is 10.8. The second kappa shape index (κ2) is 4.54. The van der Waals surface area contributed by atoms with Crippen LogP contribution in [0.3, 0.4) is 0 Å². The minimum Gasteiger partial charge on any atom is -0.507 e. The SMILES string of the molecule is CCc1cc(C(C)(C)C)c(O)c(C(C)(C)C2CC2)c1. The maximum Gasteiger partial charge on any atom is 0.123 e. The molecule has 0 amide bonds. The Kier molecular flexibility index (Phi) is 3.45. The molecule has 1 fully saturated rings. The van der Waals surface area contributed by atoms with Gasteiger partial charge in [-0.15, -0.1) is 0 Å². The van der Waals surface area contributed by atoms with Gasteiger partial charge < -0.3 is 5.11 Å². The summed E-state index contributed by atoms with van der Waals surface area (Å²) in [6.45, 7) is 13.3. The molecule has 19 heavy (non-hydrogen) atoms. The minimum atomic E-state index is -0.0103. The van der Waals surface area contributed by atoms with Crippen molar-refractivity contribution in [1.82, 2.24) is 0 Å². The molecule has 1 heteroatoms. The van der Waals surface area contributed by atoms with Crippen molar-refractivity contribution >= 4 is 0 Å². The molecule has 1 saturated carbocycles. The molecule has 1 aromatic rings. The molecule has 0 aromatic heterocycles. The molecule has 1 nitrogen and oxygen atoms in total. The van der Waals surface area contributed by atoms with Crippen molar-refractivity contribution in [3.8, 4) is 5.75 Å². The van der Waals surface area contributed by atoms with Gasteiger partial charge in [-0.2, -0.15) is 0 Å². The molecule has 106 valence electrons. The molecular formula is C18H28O. The highest BCUT2D eigenvalue weighted by Gasteiger charge is 2.41. The van der Waals surface area contributed by atoms with Crippen LogP contribution in [0.15, 0.2) is 12.1 Å². The van der Waals surface area contributed by atoms with Gasteiger partial charge in [0, 0.05) is 5.56 Å². The standard InChI is InChI=1S/C18H28O/c1-7-12-10-14(17(2,3)4)16(19)15(11-12)18(5,6)13-8-9-13/h10-11,13,19H,7-9H2,1-6H3. The summed E-state index contributed by atoms with van der Waals surface area (Å²) in [5.41, 5.74) is 3.67. The van der Waals surface area contributed by atoms with E-state index in [-0.39, 0.29) is 10.8 Å². The summed E-state index contributed by atoms with van der Waals surface area (Å²) in [5, 5.41) is 10.8. The van der Waals surface area contributed by atoms with E-state index in [9.17, 15) is 5.11 Å². The molecule has 0 heterocycles. The second-order valence-electron chi connectivity index (χ2n) is 7.64. The van der Waals surface area contributed by atoms with Gasteiger partial charge in [0.1, 0.15) is 5.75 Å². The minimum absolute atomic E-state index is 0.0103. The Bertz CT molecular complexity index is 473. The fraction of sp³-hybridized carbons (Fsp3) is 0.667. The first-order valence-corrected chi connectivity index (χ1v) is 7.54. The van der Waals surface area contributed by atoms with Crippen LogP contribution in [0, 0.1) is 5.92 Å². The lowest BCUT2D eigenvalue weighted by molar-refractivity contribution is 0.393. The van der Waals surface area contributed by atoms with Crippen molar-refractivity contribution in [3.63, 3.8) is 0 Å². The first-order chi connectivity index (χ1) is 8.67. The van der Waals surface area contributed by atoms with Crippen LogP contribution in [-0.4, -0.2) is 5.11 Å². The first-order valence-electron chi connectivity index (χ1n) is 7.54. The largest absolute Gasteiger partial charge is 0.507 e. The van der Waals surface area contributed by atoms with Gasteiger partial charge in [-0.05, 0) is 47.1 Å². The smallest absolute Gasteiger partial charge is 0.123 e. The Morgan fingerprint density at radius 2 is 1.58 bits per heavy atom. The van der Waals surface area contributed by atoms with Gasteiger partial charge >= 0.3 is 0 Å². The summed E-state index contributed by atoms with van der Waals surface area (Å²) in [6, 6.07) is 4.41. The van der Waals surface area contributed by atoms with Crippen molar-refractivity contribution in [2.75, 3.05) is 0 Å². The molecule has 0 unspecified atom stereocenters. The van der Waals surface area contributed by atoms with Crippen LogP contribution in [0.4, 0.5) is 0 Å². The number of hydrogen-bond acceptors (Lipinski definition) is 1. The number of phenols is 1. The second-order valence-corrected chi connectivity index (χ2v) is 7.64. The highest BCUT2D eigenvalue weighted by molar-refractivity contribution is 5.50. The summed E-state index contributed by atoms with van der Waals surface area (Å²) in [7, 11) is 0. The maximum absolute atomic E-state index is 10.8. The van der Waals surface area contributed by atoms with Crippen molar-refractivity contribution in [3.05, 3.63) is 28.8 Å². The average molecular weight is 260 g/mol. The number of aromatic hydroxyl groups is 1. The van der Waals surface area contributed by atoms with E-state index >= 15 is 0 Å². The summed E-state index contributed by atoms with van der Waals surface area (Å²) in [6.07, 6.45) is 3.62. The molecule has 0 spiro atoms. The lowest BCUT2D eigenvalue weighted by Crippen LogP contribution is -2.22. The van der Waals surface area contributed by atoms with E-state index in [0.29, 0.717) is 5.75 Å². The predicted octanol–water partition coefficient (Wildman–Crippen LogP) is 4.94. The zero-order valence-electron chi connectivity index (χ0n) is 13.3. The number of phenolic OH excluding ortho intramolecular Hbond substituents is 1. The number of benzene rings is 1. The summed E-state index contributed by atoms with van der Waals surface area (Å²) in [5.74, 6) is 1.26. The van der Waals surface area contributed by atoms with E-state index in [1.54, 1.807) is 0 Å². The van der Waals surface area contributed by atoms with Gasteiger partial charge in [0.25, 0.3) is 0 Å². The van der Waals surface area contributed by atoms with Gasteiger partial charge in [-0.1, -0.05) is 53.7 Å². The molecule has 1 aliphatic carbocycles. The summed E-state index contributed by atoms with van der Waals surface area (Å²) >= 11 is 0. The lowest BCUT2D eigenvalue weighted by Gasteiger charge is -2.31. The Morgan fingerprint density at radius 3 is 2.00 bits per heavy atom. The third-order valence-corrected chi connectivity index (χ3v) is 4.68. The Balaban J connectivity index is 2.60. The third kappa shape index (κ3) is 2.66. The first kappa shape index (κ1) is 14.4. The predicted molar refractivity (Wildman–Crippen MR) is 81.9 cm³/mol. The van der Waals surface area contributed by atoms with Crippen molar-refractivity contribution in [2.24, 2.45) is 5.92 Å². The zero-order chi connectivity index (χ0) is 14.4. The monoisotopic (exact) mass is 260 g/mol. The Morgan fingerprint density at radius 1 is 1.05 bits per heavy atom. The molecule has 0 saturated heterocycles. The fourth-order valence-corrected chi connectivity index (χ4v) is 2.99. The van der Waals surface area contributed by atoms with Gasteiger partial charge in [-0.25, -0.2) is 0 Å². The van der Waals surface area contributed by atoms with E-state index in [1.807, 2.05) is 0 Å². The Hall–Kier alpha value is -0.980. The zero-order valence-corrected chi connectivity index (χ0v) is 13.3. The van der Waals surface area contributed by atoms with E-state index in [4.69, 9.17) is 0 Å². The van der Waals surface area contributed by atoms with Crippen molar-refractivity contribution < 1.29 is 5.11 Å². The van der Waals surface area contributed by atoms with E-state index in [2.05, 4.69) is 53.7 Å². The fourth-order valence-electron chi connectivity index (χ4n) is 2.99. The number of rotatable bonds is 3. The van der Waals surface area contributed by atoms with Crippen LogP contribution < -0.4 is 0 Å². The molecule has 0 radical (unpaired) electrons. The van der Waals surface area contributed by atoms with Gasteiger partial charge in [0.15, 0.2) is 0 Å². The molecular weight excluding hydrogens is 232 g/mol. The topological polar surface area (TPSA) is 20.2 Å². The van der Waals surface area contributed by atoms with Crippen molar-refractivity contribution in [1.29, 1.82) is 0 Å². The molecule has 0 atom stereocenters. The van der Waals surface area contributed by atoms with Crippen molar-refractivity contribution in [2.45, 2.75) is 71.6 Å². The Labute approximate surface area is 118 Å². The van der Waals surface area contributed by atoms with Crippen LogP contribution in [-0.2, 0) is 17.3 Å². The van der Waals surface area contributed by atoms with Crippen LogP contribution in [0.25, 0.3) is 0 Å². The van der Waals surface area contributed by atoms with Crippen LogP contribution in [0.2, 0.25) is 0 Å². The van der Waals surface area contributed by atoms with Gasteiger partial charge in [0.2, 0.25) is 0 Å². The molecule has 0 aliphatic heterocycles. The van der Waals surface area contributed by atoms with E-state index in [1.165, 1.54) is 18.4 Å². The van der Waals surface area contributed by atoms with Gasteiger partial charge in [-0.3, -0.25) is 0 Å². The van der Waals surface area contributed by atoms with Crippen LogP contribution in [0.5, 0.6) is 5.75 Å². The highest BCUT2D eigenvalue weighted by Crippen LogP contribution is 2.51. The van der Waals surface area contributed by atoms with Crippen LogP contribution >= 0.6 is 0 Å². The summed E-state index contributed by atoms with van der Waals surface area (Å²) < 4.78 is 0. The van der Waals surface area contributed by atoms with E-state index in [0.717, 1.165) is 23.5 Å². The molecule has 1 aliphatic rings. The van der Waals surface area contributed by atoms with E-state index < -0.39 is 0 Å². The lowest BCUT2D eigenvalue weighted by atomic mass is 9.75. The third-order valence-electron chi connectivity index (χ3n) is 4.68. The molecule has 1 aromatic carbocycles. The number of aryl methyl sites for hydroxylation is 1. The molecule has 1 N–H and O–H groups in total. The average Bonchev–Trinajstić information content (AvgIpc) is 3.11. The quantitative estimate of drug-likeness (QED) is 0.816. The number of hydrogen-bond donors (Lipinski definition) is 1. The van der Waals surface area contributed by atoms with Crippen LogP contribution in [0.1, 0.15) is 71.1 Å². The highest BCUT2D eigenvalue weighted by atomic mass is 16.3. The van der Waals surface area contributed by atoms with Gasteiger partial charge in [0.05, 0.1) is 0 Å².